The molecule has 0 atom stereocenters. The summed E-state index contributed by atoms with van der Waals surface area (Å²) in [5.74, 6) is 0. The van der Waals surface area contributed by atoms with E-state index in [0.717, 1.165) is 11.1 Å². The van der Waals surface area contributed by atoms with E-state index in [-0.39, 0.29) is 0 Å². The zero-order valence-corrected chi connectivity index (χ0v) is 15.6. The molecule has 24 heavy (non-hydrogen) atoms. The van der Waals surface area contributed by atoms with Crippen molar-refractivity contribution in [1.29, 1.82) is 0 Å². The van der Waals surface area contributed by atoms with Gasteiger partial charge in [0.15, 0.2) is 0 Å². The molecule has 2 aromatic rings. The molecule has 128 valence electrons. The average molecular weight is 322 g/mol. The molecular formula is C23H31N. The minimum Gasteiger partial charge on any atom is -0.265 e. The molecule has 0 spiro atoms. The fourth-order valence-electron chi connectivity index (χ4n) is 1.54. The van der Waals surface area contributed by atoms with Crippen molar-refractivity contribution >= 4 is 11.6 Å². The Kier molecular flexibility index (Phi) is 16.4. The molecule has 1 heterocycles. The number of nitrogens with zero attached hydrogens (tertiary/aromatic N) is 1. The van der Waals surface area contributed by atoms with Crippen LogP contribution in [0.4, 0.5) is 0 Å². The number of pyridine rings is 1. The molecular weight excluding hydrogens is 290 g/mol. The molecule has 1 nitrogen and oxygen atoms in total. The molecule has 1 aromatic carbocycles. The standard InChI is InChI=1S/C16H15N.C3H6.C2H6.C2H4/c1-13-3-6-15(7-4-13)8-5-14(2)16-9-11-17-12-10-16;1-3-2;2*1-2/h3-12H,2H2,1H3;3H,1H2,2H3;1-2H3;1-2H2/b8-5+;;;. The summed E-state index contributed by atoms with van der Waals surface area (Å²) in [5, 5.41) is 0. The van der Waals surface area contributed by atoms with E-state index < -0.39 is 0 Å². The first-order valence-corrected chi connectivity index (χ1v) is 8.08. The highest BCUT2D eigenvalue weighted by molar-refractivity contribution is 5.76. The molecule has 0 fully saturated rings. The van der Waals surface area contributed by atoms with Crippen LogP contribution in [0.15, 0.2) is 87.3 Å². The van der Waals surface area contributed by atoms with Crippen molar-refractivity contribution in [3.05, 3.63) is 104 Å². The van der Waals surface area contributed by atoms with Gasteiger partial charge in [0.1, 0.15) is 0 Å². The maximum absolute atomic E-state index is 4.04. The molecule has 0 unspecified atom stereocenters. The molecule has 1 heteroatoms. The van der Waals surface area contributed by atoms with Gasteiger partial charge in [-0.15, -0.1) is 19.7 Å². The quantitative estimate of drug-likeness (QED) is 0.432. The summed E-state index contributed by atoms with van der Waals surface area (Å²) < 4.78 is 0. The zero-order chi connectivity index (χ0) is 18.8. The number of aromatic nitrogens is 1. The predicted molar refractivity (Wildman–Crippen MR) is 112 cm³/mol. The minimum atomic E-state index is 0.993. The molecule has 2 rings (SSSR count). The van der Waals surface area contributed by atoms with Gasteiger partial charge < -0.3 is 0 Å². The van der Waals surface area contributed by atoms with E-state index in [2.05, 4.69) is 68.6 Å². The van der Waals surface area contributed by atoms with Crippen LogP contribution < -0.4 is 0 Å². The summed E-state index contributed by atoms with van der Waals surface area (Å²) in [5.41, 5.74) is 4.55. The van der Waals surface area contributed by atoms with Gasteiger partial charge in [-0.1, -0.05) is 68.5 Å². The third-order valence-corrected chi connectivity index (χ3v) is 2.61. The lowest BCUT2D eigenvalue weighted by Crippen LogP contribution is -1.79. The Morgan fingerprint density at radius 2 is 1.42 bits per heavy atom. The van der Waals surface area contributed by atoms with E-state index in [1.165, 1.54) is 11.1 Å². The van der Waals surface area contributed by atoms with Crippen molar-refractivity contribution in [3.8, 4) is 0 Å². The Labute approximate surface area is 148 Å². The van der Waals surface area contributed by atoms with Crippen LogP contribution in [0, 0.1) is 6.92 Å². The number of hydrogen-bond donors (Lipinski definition) is 0. The van der Waals surface area contributed by atoms with Gasteiger partial charge in [-0.25, -0.2) is 0 Å². The van der Waals surface area contributed by atoms with Crippen LogP contribution in [0.25, 0.3) is 11.6 Å². The summed E-state index contributed by atoms with van der Waals surface area (Å²) in [4.78, 5) is 3.99. The van der Waals surface area contributed by atoms with Gasteiger partial charge in [0.2, 0.25) is 0 Å². The summed E-state index contributed by atoms with van der Waals surface area (Å²) in [6.07, 6.45) is 9.41. The first-order valence-electron chi connectivity index (χ1n) is 8.08. The average Bonchev–Trinajstić information content (AvgIpc) is 2.66. The van der Waals surface area contributed by atoms with Crippen LogP contribution in [0.2, 0.25) is 0 Å². The normalized spacial score (nSPS) is 8.50. The fourth-order valence-corrected chi connectivity index (χ4v) is 1.54. The van der Waals surface area contributed by atoms with Crippen molar-refractivity contribution in [3.63, 3.8) is 0 Å². The van der Waals surface area contributed by atoms with Gasteiger partial charge in [-0.05, 0) is 42.7 Å². The van der Waals surface area contributed by atoms with Crippen LogP contribution in [0.1, 0.15) is 37.5 Å². The number of rotatable bonds is 3. The molecule has 1 aromatic heterocycles. The molecule has 0 aliphatic carbocycles. The van der Waals surface area contributed by atoms with Crippen molar-refractivity contribution in [2.24, 2.45) is 0 Å². The van der Waals surface area contributed by atoms with Crippen LogP contribution >= 0.6 is 0 Å². The molecule has 0 saturated heterocycles. The summed E-state index contributed by atoms with van der Waals surface area (Å²) in [6.45, 7) is 21.4. The minimum absolute atomic E-state index is 0.993. The smallest absolute Gasteiger partial charge is 0.0273 e. The fraction of sp³-hybridized carbons (Fsp3) is 0.174. The molecule has 0 bridgehead atoms. The van der Waals surface area contributed by atoms with E-state index in [9.17, 15) is 0 Å². The zero-order valence-electron chi connectivity index (χ0n) is 15.6. The lowest BCUT2D eigenvalue weighted by Gasteiger charge is -1.99. The second kappa shape index (κ2) is 16.7. The second-order valence-electron chi connectivity index (χ2n) is 4.41. The molecule has 0 radical (unpaired) electrons. The topological polar surface area (TPSA) is 12.9 Å². The first-order chi connectivity index (χ1) is 11.7. The lowest BCUT2D eigenvalue weighted by atomic mass is 10.1. The lowest BCUT2D eigenvalue weighted by molar-refractivity contribution is 1.32. The highest BCUT2D eigenvalue weighted by atomic mass is 14.6. The molecule has 0 aliphatic rings. The number of aryl methyl sites for hydroxylation is 1. The summed E-state index contributed by atoms with van der Waals surface area (Å²) in [7, 11) is 0. The summed E-state index contributed by atoms with van der Waals surface area (Å²) >= 11 is 0. The monoisotopic (exact) mass is 321 g/mol. The van der Waals surface area contributed by atoms with Gasteiger partial charge in [-0.3, -0.25) is 4.98 Å². The van der Waals surface area contributed by atoms with Gasteiger partial charge in [-0.2, -0.15) is 0 Å². The Bertz CT molecular complexity index is 577. The Morgan fingerprint density at radius 3 is 1.88 bits per heavy atom. The molecule has 0 aliphatic heterocycles. The molecule has 0 N–H and O–H groups in total. The van der Waals surface area contributed by atoms with E-state index in [1.54, 1.807) is 18.5 Å². The number of hydrogen-bond acceptors (Lipinski definition) is 1. The van der Waals surface area contributed by atoms with Crippen molar-refractivity contribution in [2.45, 2.75) is 27.7 Å². The Morgan fingerprint density at radius 1 is 0.958 bits per heavy atom. The third-order valence-electron chi connectivity index (χ3n) is 2.61. The SMILES string of the molecule is C=C.C=C(/C=C/c1ccc(C)cc1)c1ccncc1.C=CC.CC. The number of allylic oxidation sites excluding steroid dienone is 3. The van der Waals surface area contributed by atoms with Gasteiger partial charge in [0, 0.05) is 12.4 Å². The van der Waals surface area contributed by atoms with Crippen molar-refractivity contribution in [1.82, 2.24) is 4.98 Å². The maximum Gasteiger partial charge on any atom is 0.0273 e. The van der Waals surface area contributed by atoms with Gasteiger partial charge in [0.25, 0.3) is 0 Å². The van der Waals surface area contributed by atoms with Gasteiger partial charge >= 0.3 is 0 Å². The van der Waals surface area contributed by atoms with E-state index in [4.69, 9.17) is 0 Å². The molecule has 0 amide bonds. The van der Waals surface area contributed by atoms with Crippen LogP contribution in [-0.4, -0.2) is 4.98 Å². The van der Waals surface area contributed by atoms with E-state index in [0.29, 0.717) is 0 Å². The summed E-state index contributed by atoms with van der Waals surface area (Å²) in [6, 6.07) is 12.3. The van der Waals surface area contributed by atoms with E-state index >= 15 is 0 Å². The van der Waals surface area contributed by atoms with Gasteiger partial charge in [0.05, 0.1) is 0 Å². The highest BCUT2D eigenvalue weighted by Gasteiger charge is 1.93. The third kappa shape index (κ3) is 11.0. The largest absolute Gasteiger partial charge is 0.265 e. The predicted octanol–water partition coefficient (Wildman–Crippen LogP) is 7.14. The van der Waals surface area contributed by atoms with Crippen LogP contribution in [0.3, 0.4) is 0 Å². The first kappa shape index (κ1) is 23.6. The van der Waals surface area contributed by atoms with E-state index in [1.807, 2.05) is 39.0 Å². The van der Waals surface area contributed by atoms with Crippen molar-refractivity contribution in [2.75, 3.05) is 0 Å². The maximum atomic E-state index is 4.04. The Hall–Kier alpha value is -2.67. The van der Waals surface area contributed by atoms with Crippen LogP contribution in [-0.2, 0) is 0 Å². The second-order valence-corrected chi connectivity index (χ2v) is 4.41. The van der Waals surface area contributed by atoms with Crippen LogP contribution in [0.5, 0.6) is 0 Å². The number of benzene rings is 1. The molecule has 0 saturated carbocycles. The highest BCUT2D eigenvalue weighted by Crippen LogP contribution is 2.14. The Balaban J connectivity index is 0. The van der Waals surface area contributed by atoms with Crippen molar-refractivity contribution < 1.29 is 0 Å².